The number of likely N-dealkylation sites (tertiary alicyclic amines) is 1. The average molecular weight is 595 g/mol. The number of carbonyl (C=O) groups excluding carboxylic acids is 2. The second kappa shape index (κ2) is 13.4. The van der Waals surface area contributed by atoms with Gasteiger partial charge >= 0.3 is 5.97 Å². The molecule has 6 nitrogen and oxygen atoms in total. The minimum absolute atomic E-state index is 0.0593. The topological polar surface area (TPSA) is 67.9 Å². The lowest BCUT2D eigenvalue weighted by Gasteiger charge is -2.36. The predicted molar refractivity (Wildman–Crippen MR) is 168 cm³/mol. The largest absolute Gasteiger partial charge is 0.496 e. The van der Waals surface area contributed by atoms with Crippen LogP contribution in [0, 0.1) is 23.1 Å². The normalized spacial score (nSPS) is 23.3. The minimum Gasteiger partial charge on any atom is -0.496 e. The highest BCUT2D eigenvalue weighted by Gasteiger charge is 2.59. The van der Waals surface area contributed by atoms with Crippen LogP contribution in [0.2, 0.25) is 0 Å². The molecule has 0 bridgehead atoms. The van der Waals surface area contributed by atoms with Crippen molar-refractivity contribution < 1.29 is 23.5 Å². The first-order valence-corrected chi connectivity index (χ1v) is 15.9. The molecule has 0 radical (unpaired) electrons. The van der Waals surface area contributed by atoms with Gasteiger partial charge in [-0.15, -0.1) is 0 Å². The number of esters is 1. The van der Waals surface area contributed by atoms with Gasteiger partial charge in [-0.1, -0.05) is 91.1 Å². The molecular formula is C36H51FN2O4. The molecule has 2 aliphatic rings. The first kappa shape index (κ1) is 33.0. The highest BCUT2D eigenvalue weighted by atomic mass is 19.1. The van der Waals surface area contributed by atoms with Crippen LogP contribution < -0.4 is 10.1 Å². The molecule has 1 saturated heterocycles. The molecule has 0 spiro atoms. The third kappa shape index (κ3) is 7.08. The Bertz CT molecular complexity index is 1270. The molecule has 1 saturated carbocycles. The molecule has 7 heteroatoms. The van der Waals surface area contributed by atoms with Crippen LogP contribution in [0.5, 0.6) is 5.75 Å². The maximum Gasteiger partial charge on any atom is 0.329 e. The fourth-order valence-corrected chi connectivity index (χ4v) is 7.15. The maximum atomic E-state index is 15.8. The van der Waals surface area contributed by atoms with Crippen molar-refractivity contribution >= 4 is 11.9 Å². The summed E-state index contributed by atoms with van der Waals surface area (Å²) in [6.45, 7) is 15.2. The first-order valence-electron chi connectivity index (χ1n) is 15.9. The molecule has 0 aromatic heterocycles. The van der Waals surface area contributed by atoms with Crippen molar-refractivity contribution in [3.63, 3.8) is 0 Å². The summed E-state index contributed by atoms with van der Waals surface area (Å²) >= 11 is 0. The zero-order valence-electron chi connectivity index (χ0n) is 27.3. The molecular weight excluding hydrogens is 543 g/mol. The van der Waals surface area contributed by atoms with Gasteiger partial charge in [-0.25, -0.2) is 9.18 Å². The average Bonchev–Trinajstić information content (AvgIpc) is 3.31. The first-order chi connectivity index (χ1) is 20.3. The summed E-state index contributed by atoms with van der Waals surface area (Å²) in [5, 5.41) is 3.75. The van der Waals surface area contributed by atoms with E-state index in [2.05, 4.69) is 59.0 Å². The molecule has 4 rings (SSSR count). The Hall–Kier alpha value is -2.93. The molecule has 2 fully saturated rings. The fraction of sp³-hybridized carbons (Fsp3) is 0.611. The molecule has 43 heavy (non-hydrogen) atoms. The van der Waals surface area contributed by atoms with Crippen LogP contribution >= 0.6 is 0 Å². The van der Waals surface area contributed by atoms with E-state index in [1.165, 1.54) is 11.6 Å². The van der Waals surface area contributed by atoms with E-state index in [0.717, 1.165) is 43.4 Å². The van der Waals surface area contributed by atoms with Crippen molar-refractivity contribution in [1.29, 1.82) is 0 Å². The molecule has 1 amide bonds. The van der Waals surface area contributed by atoms with Crippen LogP contribution in [0.15, 0.2) is 42.5 Å². The van der Waals surface area contributed by atoms with Gasteiger partial charge in [0.15, 0.2) is 0 Å². The van der Waals surface area contributed by atoms with Gasteiger partial charge in [0.2, 0.25) is 5.91 Å². The van der Waals surface area contributed by atoms with E-state index in [4.69, 9.17) is 9.47 Å². The third-order valence-corrected chi connectivity index (χ3v) is 9.30. The summed E-state index contributed by atoms with van der Waals surface area (Å²) in [6.07, 6.45) is 4.62. The summed E-state index contributed by atoms with van der Waals surface area (Å²) in [5.74, 6) is -0.666. The molecule has 1 aliphatic heterocycles. The van der Waals surface area contributed by atoms with Gasteiger partial charge in [-0.05, 0) is 48.3 Å². The second-order valence-corrected chi connectivity index (χ2v) is 14.3. The number of rotatable bonds is 8. The summed E-state index contributed by atoms with van der Waals surface area (Å²) < 4.78 is 27.2. The number of methoxy groups -OCH3 is 1. The van der Waals surface area contributed by atoms with Crippen LogP contribution in [-0.4, -0.2) is 42.6 Å². The van der Waals surface area contributed by atoms with E-state index in [9.17, 15) is 9.59 Å². The Kier molecular flexibility index (Phi) is 10.3. The highest BCUT2D eigenvalue weighted by molar-refractivity contribution is 5.88. The smallest absolute Gasteiger partial charge is 0.329 e. The number of ether oxygens (including phenoxy) is 2. The Morgan fingerprint density at radius 1 is 1.00 bits per heavy atom. The van der Waals surface area contributed by atoms with Crippen molar-refractivity contribution in [2.45, 2.75) is 111 Å². The lowest BCUT2D eigenvalue weighted by Crippen LogP contribution is -2.50. The summed E-state index contributed by atoms with van der Waals surface area (Å²) in [5.41, 5.74) is 2.08. The Morgan fingerprint density at radius 3 is 2.26 bits per heavy atom. The zero-order chi connectivity index (χ0) is 31.5. The SMILES string of the molecule is CCOC(=O)[C@@H]1[C@@H](C(C)(C)C)[C@H](NCc2cc(C(C)(C)C)ccc2OC)[C@H](c2ccccc2F)N1C(=O)C1CCCCC1. The number of hydrogen-bond donors (Lipinski definition) is 1. The Balaban J connectivity index is 1.87. The van der Waals surface area contributed by atoms with Crippen LogP contribution in [0.3, 0.4) is 0 Å². The number of carbonyl (C=O) groups is 2. The zero-order valence-corrected chi connectivity index (χ0v) is 27.3. The standard InChI is InChI=1S/C36H51FN2O4/c1-9-43-34(41)32-29(36(5,6)7)30(38-22-24-21-25(35(2,3)4)19-20-28(24)42-8)31(26-17-13-14-18-27(26)37)39(32)33(40)23-15-11-10-12-16-23/h13-14,17-21,23,29-32,38H,9-12,15-16,22H2,1-8H3/t29-,30-,31-,32-/m0/s1. The van der Waals surface area contributed by atoms with E-state index >= 15 is 4.39 Å². The van der Waals surface area contributed by atoms with Crippen molar-refractivity contribution in [1.82, 2.24) is 10.2 Å². The monoisotopic (exact) mass is 594 g/mol. The van der Waals surface area contributed by atoms with E-state index in [1.807, 2.05) is 6.07 Å². The number of hydrogen-bond acceptors (Lipinski definition) is 5. The van der Waals surface area contributed by atoms with Crippen molar-refractivity contribution in [2.24, 2.45) is 17.3 Å². The van der Waals surface area contributed by atoms with Gasteiger partial charge in [0.05, 0.1) is 19.8 Å². The molecule has 4 atom stereocenters. The fourth-order valence-electron chi connectivity index (χ4n) is 7.15. The Labute approximate surface area is 257 Å². The van der Waals surface area contributed by atoms with Gasteiger partial charge in [0, 0.05) is 35.5 Å². The predicted octanol–water partition coefficient (Wildman–Crippen LogP) is 7.35. The van der Waals surface area contributed by atoms with Crippen LogP contribution in [-0.2, 0) is 26.3 Å². The van der Waals surface area contributed by atoms with Gasteiger partial charge in [0.25, 0.3) is 0 Å². The summed E-state index contributed by atoms with van der Waals surface area (Å²) in [4.78, 5) is 30.1. The summed E-state index contributed by atoms with van der Waals surface area (Å²) in [7, 11) is 1.66. The number of nitrogens with zero attached hydrogens (tertiary/aromatic N) is 1. The van der Waals surface area contributed by atoms with Crippen molar-refractivity contribution in [3.8, 4) is 5.75 Å². The lowest BCUT2D eigenvalue weighted by molar-refractivity contribution is -0.158. The van der Waals surface area contributed by atoms with Crippen molar-refractivity contribution in [3.05, 3.63) is 65.0 Å². The van der Waals surface area contributed by atoms with E-state index in [0.29, 0.717) is 12.1 Å². The van der Waals surface area contributed by atoms with Gasteiger partial charge < -0.3 is 19.7 Å². The quantitative estimate of drug-likeness (QED) is 0.324. The van der Waals surface area contributed by atoms with Gasteiger partial charge in [0.1, 0.15) is 17.6 Å². The van der Waals surface area contributed by atoms with Crippen LogP contribution in [0.1, 0.15) is 103 Å². The van der Waals surface area contributed by atoms with Gasteiger partial charge in [-0.2, -0.15) is 0 Å². The molecule has 1 aliphatic carbocycles. The summed E-state index contributed by atoms with van der Waals surface area (Å²) in [6, 6.07) is 10.9. The highest BCUT2D eigenvalue weighted by Crippen LogP contribution is 2.50. The third-order valence-electron chi connectivity index (χ3n) is 9.30. The molecule has 1 N–H and O–H groups in total. The number of halogens is 1. The van der Waals surface area contributed by atoms with E-state index in [-0.39, 0.29) is 35.6 Å². The molecule has 0 unspecified atom stereocenters. The lowest BCUT2D eigenvalue weighted by atomic mass is 9.72. The number of benzene rings is 2. The van der Waals surface area contributed by atoms with Crippen LogP contribution in [0.4, 0.5) is 4.39 Å². The molecule has 236 valence electrons. The molecule has 1 heterocycles. The maximum absolute atomic E-state index is 15.8. The number of nitrogens with one attached hydrogen (secondary N) is 1. The van der Waals surface area contributed by atoms with Crippen molar-refractivity contribution in [2.75, 3.05) is 13.7 Å². The van der Waals surface area contributed by atoms with Crippen LogP contribution in [0.25, 0.3) is 0 Å². The number of amides is 1. The van der Waals surface area contributed by atoms with E-state index in [1.54, 1.807) is 37.1 Å². The molecule has 2 aromatic rings. The van der Waals surface area contributed by atoms with Gasteiger partial charge in [-0.3, -0.25) is 4.79 Å². The molecule has 2 aromatic carbocycles. The van der Waals surface area contributed by atoms with E-state index < -0.39 is 29.5 Å². The Morgan fingerprint density at radius 2 is 1.67 bits per heavy atom. The minimum atomic E-state index is -0.848. The second-order valence-electron chi connectivity index (χ2n) is 14.3.